The molecule has 0 saturated heterocycles. The number of carbonyl (C=O) groups excluding carboxylic acids is 1. The van der Waals surface area contributed by atoms with E-state index in [2.05, 4.69) is 10.3 Å². The van der Waals surface area contributed by atoms with Gasteiger partial charge in [-0.05, 0) is 56.2 Å². The van der Waals surface area contributed by atoms with Crippen molar-refractivity contribution in [3.63, 3.8) is 0 Å². The summed E-state index contributed by atoms with van der Waals surface area (Å²) >= 11 is 0. The second kappa shape index (κ2) is 9.38. The van der Waals surface area contributed by atoms with E-state index in [1.807, 2.05) is 38.1 Å². The van der Waals surface area contributed by atoms with Gasteiger partial charge in [0.1, 0.15) is 10.9 Å². The highest BCUT2D eigenvalue weighted by atomic mass is 16.5. The first kappa shape index (κ1) is 23.0. The normalized spacial score (nSPS) is 11.2. The number of anilines is 1. The molecule has 0 bridgehead atoms. The zero-order chi connectivity index (χ0) is 24.4. The first-order valence-electron chi connectivity index (χ1n) is 11.0. The molecule has 3 aromatic heterocycles. The van der Waals surface area contributed by atoms with E-state index in [0.29, 0.717) is 41.1 Å². The molecule has 0 aliphatic carbocycles. The van der Waals surface area contributed by atoms with Crippen LogP contribution in [0, 0.1) is 0 Å². The number of fused-ring (bicyclic) bond motifs is 2. The van der Waals surface area contributed by atoms with E-state index >= 15 is 0 Å². The van der Waals surface area contributed by atoms with E-state index in [1.54, 1.807) is 37.1 Å². The Hall–Kier alpha value is -4.14. The molecule has 0 fully saturated rings. The van der Waals surface area contributed by atoms with Crippen molar-refractivity contribution in [1.29, 1.82) is 0 Å². The van der Waals surface area contributed by atoms with Crippen LogP contribution in [0.2, 0.25) is 0 Å². The average molecular weight is 463 g/mol. The van der Waals surface area contributed by atoms with Crippen molar-refractivity contribution in [3.8, 4) is 11.5 Å². The lowest BCUT2D eigenvalue weighted by Gasteiger charge is -2.15. The Labute approximate surface area is 196 Å². The van der Waals surface area contributed by atoms with Crippen molar-refractivity contribution in [2.24, 2.45) is 0 Å². The first-order valence-corrected chi connectivity index (χ1v) is 11.0. The number of benzene rings is 1. The predicted molar refractivity (Wildman–Crippen MR) is 130 cm³/mol. The molecule has 9 nitrogen and oxygen atoms in total. The predicted octanol–water partition coefficient (Wildman–Crippen LogP) is 2.29. The molecule has 0 saturated carbocycles. The third kappa shape index (κ3) is 4.12. The number of aromatic nitrogens is 3. The maximum absolute atomic E-state index is 13.2. The number of ether oxygens (including phenoxy) is 2. The van der Waals surface area contributed by atoms with Gasteiger partial charge in [0.05, 0.1) is 20.3 Å². The maximum Gasteiger partial charge on any atom is 0.278 e. The summed E-state index contributed by atoms with van der Waals surface area (Å²) in [4.78, 5) is 30.9. The molecule has 1 aromatic carbocycles. The number of nitrogens with two attached hydrogens (primary N) is 1. The average Bonchev–Trinajstić information content (AvgIpc) is 2.83. The molecule has 0 radical (unpaired) electrons. The molecule has 3 heterocycles. The van der Waals surface area contributed by atoms with Crippen LogP contribution < -0.4 is 30.7 Å². The molecule has 0 unspecified atom stereocenters. The zero-order valence-corrected chi connectivity index (χ0v) is 19.7. The Kier molecular flexibility index (Phi) is 6.36. The summed E-state index contributed by atoms with van der Waals surface area (Å²) in [5, 5.41) is 3.24. The minimum atomic E-state index is -0.355. The minimum Gasteiger partial charge on any atom is -0.493 e. The second-order valence-electron chi connectivity index (χ2n) is 8.19. The summed E-state index contributed by atoms with van der Waals surface area (Å²) in [5.41, 5.74) is 8.35. The van der Waals surface area contributed by atoms with E-state index in [1.165, 1.54) is 10.5 Å². The number of hydrogen-bond acceptors (Lipinski definition) is 6. The highest BCUT2D eigenvalue weighted by molar-refractivity contribution is 6.00. The lowest BCUT2D eigenvalue weighted by Crippen LogP contribution is -2.44. The van der Waals surface area contributed by atoms with Crippen LogP contribution >= 0.6 is 0 Å². The SMILES string of the molecule is COc1ccc(CCNC(=O)c2cc3c(=O)n4ccccc4nc3[n+](C(C)C)c2N)cc1OC. The minimum absolute atomic E-state index is 0.111. The van der Waals surface area contributed by atoms with Crippen molar-refractivity contribution in [2.45, 2.75) is 26.3 Å². The topological polar surface area (TPSA) is 112 Å². The number of methoxy groups -OCH3 is 2. The van der Waals surface area contributed by atoms with Gasteiger partial charge < -0.3 is 20.5 Å². The summed E-state index contributed by atoms with van der Waals surface area (Å²) in [6.07, 6.45) is 2.24. The van der Waals surface area contributed by atoms with E-state index < -0.39 is 0 Å². The Morgan fingerprint density at radius 1 is 1.15 bits per heavy atom. The number of nitrogens with zero attached hydrogens (tertiary/aromatic N) is 3. The number of hydrogen-bond donors (Lipinski definition) is 2. The number of rotatable bonds is 7. The number of pyridine rings is 2. The third-order valence-electron chi connectivity index (χ3n) is 5.71. The number of nitrogens with one attached hydrogen (secondary N) is 1. The van der Waals surface area contributed by atoms with Crippen LogP contribution in [0.1, 0.15) is 35.8 Å². The molecular formula is C25H28N5O4+. The van der Waals surface area contributed by atoms with Gasteiger partial charge in [-0.15, -0.1) is 0 Å². The van der Waals surface area contributed by atoms with Crippen LogP contribution in [0.15, 0.2) is 53.5 Å². The van der Waals surface area contributed by atoms with Gasteiger partial charge in [0.15, 0.2) is 11.5 Å². The van der Waals surface area contributed by atoms with Crippen molar-refractivity contribution in [2.75, 3.05) is 26.5 Å². The molecule has 3 N–H and O–H groups in total. The van der Waals surface area contributed by atoms with Gasteiger partial charge in [0.25, 0.3) is 17.1 Å². The monoisotopic (exact) mass is 462 g/mol. The number of amides is 1. The van der Waals surface area contributed by atoms with Gasteiger partial charge in [-0.2, -0.15) is 0 Å². The molecule has 9 heteroatoms. The molecule has 0 spiro atoms. The highest BCUT2D eigenvalue weighted by Crippen LogP contribution is 2.27. The van der Waals surface area contributed by atoms with Crippen LogP contribution in [0.3, 0.4) is 0 Å². The smallest absolute Gasteiger partial charge is 0.278 e. The fourth-order valence-corrected chi connectivity index (χ4v) is 4.02. The highest BCUT2D eigenvalue weighted by Gasteiger charge is 2.25. The number of carbonyl (C=O) groups is 1. The van der Waals surface area contributed by atoms with E-state index in [-0.39, 0.29) is 28.9 Å². The summed E-state index contributed by atoms with van der Waals surface area (Å²) in [6, 6.07) is 12.4. The van der Waals surface area contributed by atoms with Gasteiger partial charge in [-0.25, -0.2) is 4.57 Å². The van der Waals surface area contributed by atoms with Gasteiger partial charge in [0.2, 0.25) is 11.5 Å². The molecule has 4 rings (SSSR count). The Morgan fingerprint density at radius 3 is 2.62 bits per heavy atom. The van der Waals surface area contributed by atoms with Gasteiger partial charge in [-0.3, -0.25) is 14.0 Å². The largest absolute Gasteiger partial charge is 0.493 e. The quantitative estimate of drug-likeness (QED) is 0.322. The van der Waals surface area contributed by atoms with Crippen LogP contribution in [0.25, 0.3) is 16.7 Å². The Bertz CT molecular complexity index is 1450. The van der Waals surface area contributed by atoms with Gasteiger partial charge in [0, 0.05) is 12.7 Å². The molecule has 1 amide bonds. The molecular weight excluding hydrogens is 434 g/mol. The first-order chi connectivity index (χ1) is 16.3. The number of nitrogen functional groups attached to an aromatic ring is 1. The summed E-state index contributed by atoms with van der Waals surface area (Å²) in [5.74, 6) is 1.18. The van der Waals surface area contributed by atoms with E-state index in [4.69, 9.17) is 15.2 Å². The molecule has 4 aromatic rings. The van der Waals surface area contributed by atoms with Crippen LogP contribution in [-0.2, 0) is 6.42 Å². The molecule has 0 aliphatic rings. The molecule has 34 heavy (non-hydrogen) atoms. The fourth-order valence-electron chi connectivity index (χ4n) is 4.02. The third-order valence-corrected chi connectivity index (χ3v) is 5.71. The summed E-state index contributed by atoms with van der Waals surface area (Å²) in [6.45, 7) is 4.24. The van der Waals surface area contributed by atoms with Gasteiger partial charge >= 0.3 is 0 Å². The Morgan fingerprint density at radius 2 is 1.91 bits per heavy atom. The van der Waals surface area contributed by atoms with Crippen LogP contribution in [0.5, 0.6) is 11.5 Å². The van der Waals surface area contributed by atoms with Crippen LogP contribution in [0.4, 0.5) is 5.82 Å². The van der Waals surface area contributed by atoms with Crippen molar-refractivity contribution in [1.82, 2.24) is 14.7 Å². The lowest BCUT2D eigenvalue weighted by molar-refractivity contribution is -0.679. The van der Waals surface area contributed by atoms with Crippen molar-refractivity contribution < 1.29 is 18.8 Å². The molecule has 0 atom stereocenters. The molecule has 0 aliphatic heterocycles. The van der Waals surface area contributed by atoms with Gasteiger partial charge in [-0.1, -0.05) is 17.1 Å². The van der Waals surface area contributed by atoms with E-state index in [0.717, 1.165) is 5.56 Å². The van der Waals surface area contributed by atoms with Crippen molar-refractivity contribution >= 4 is 28.4 Å². The lowest BCUT2D eigenvalue weighted by atomic mass is 10.1. The fraction of sp³-hybridized carbons (Fsp3) is 0.280. The van der Waals surface area contributed by atoms with Crippen LogP contribution in [-0.4, -0.2) is 36.1 Å². The molecule has 176 valence electrons. The van der Waals surface area contributed by atoms with Crippen molar-refractivity contribution in [3.05, 3.63) is 70.1 Å². The van der Waals surface area contributed by atoms with E-state index in [9.17, 15) is 9.59 Å². The zero-order valence-electron chi connectivity index (χ0n) is 19.7. The second-order valence-corrected chi connectivity index (χ2v) is 8.19. The maximum atomic E-state index is 13.2. The summed E-state index contributed by atoms with van der Waals surface area (Å²) in [7, 11) is 3.16. The summed E-state index contributed by atoms with van der Waals surface area (Å²) < 4.78 is 13.8. The Balaban J connectivity index is 1.66. The standard InChI is InChI=1S/C25H27N5O4/c1-15(2)30-22(26)17(14-18-23(30)28-21-7-5-6-12-29(21)25(18)32)24(31)27-11-10-16-8-9-19(33-3)20(13-16)34-4/h5-9,12-15,26H,10-11H2,1-4H3,(H,27,31)/p+1.